The molecular formula is C17H20N2O6S. The van der Waals surface area contributed by atoms with Gasteiger partial charge in [-0.15, -0.1) is 0 Å². The van der Waals surface area contributed by atoms with Gasteiger partial charge in [0, 0.05) is 14.1 Å². The number of amides is 1. The maximum absolute atomic E-state index is 12.5. The minimum Gasteiger partial charge on any atom is -0.481 e. The summed E-state index contributed by atoms with van der Waals surface area (Å²) in [5.41, 5.74) is 0.614. The molecule has 0 spiro atoms. The van der Waals surface area contributed by atoms with E-state index in [0.717, 1.165) is 4.31 Å². The second kappa shape index (κ2) is 7.71. The molecule has 0 aliphatic heterocycles. The fraction of sp³-hybridized carbons (Fsp3) is 0.294. The van der Waals surface area contributed by atoms with Crippen LogP contribution in [0.2, 0.25) is 0 Å². The van der Waals surface area contributed by atoms with Crippen molar-refractivity contribution in [2.24, 2.45) is 5.92 Å². The Bertz CT molecular complexity index is 889. The standard InChI is InChI=1S/C17H20N2O6S/c1-11(17(21)22)15(12-7-5-4-6-8-12)18-16(20)13-9-10-14(25-13)26(23,24)19(2)3/h4-11,15H,1-3H3,(H,18,20)(H,21,22). The van der Waals surface area contributed by atoms with Crippen LogP contribution in [-0.2, 0) is 14.8 Å². The predicted octanol–water partition coefficient (Wildman–Crippen LogP) is 1.72. The third kappa shape index (κ3) is 4.12. The molecule has 2 N–H and O–H groups in total. The molecule has 2 atom stereocenters. The summed E-state index contributed by atoms with van der Waals surface area (Å²) in [6.07, 6.45) is 0. The summed E-state index contributed by atoms with van der Waals surface area (Å²) in [5.74, 6) is -2.90. The van der Waals surface area contributed by atoms with E-state index < -0.39 is 33.9 Å². The van der Waals surface area contributed by atoms with Crippen LogP contribution >= 0.6 is 0 Å². The van der Waals surface area contributed by atoms with E-state index in [4.69, 9.17) is 4.42 Å². The number of sulfonamides is 1. The number of benzene rings is 1. The van der Waals surface area contributed by atoms with Gasteiger partial charge in [0.15, 0.2) is 5.76 Å². The van der Waals surface area contributed by atoms with Gasteiger partial charge >= 0.3 is 5.97 Å². The lowest BCUT2D eigenvalue weighted by atomic mass is 9.94. The van der Waals surface area contributed by atoms with Crippen LogP contribution in [-0.4, -0.2) is 43.8 Å². The molecule has 1 aromatic heterocycles. The van der Waals surface area contributed by atoms with Crippen molar-refractivity contribution in [3.05, 3.63) is 53.8 Å². The second-order valence-corrected chi connectivity index (χ2v) is 7.98. The van der Waals surface area contributed by atoms with E-state index in [0.29, 0.717) is 5.56 Å². The summed E-state index contributed by atoms with van der Waals surface area (Å²) in [5, 5.41) is 11.5. The second-order valence-electron chi connectivity index (χ2n) is 5.89. The normalized spacial score (nSPS) is 14.0. The molecule has 0 saturated heterocycles. The van der Waals surface area contributed by atoms with Gasteiger partial charge in [-0.3, -0.25) is 9.59 Å². The fourth-order valence-electron chi connectivity index (χ4n) is 2.27. The summed E-state index contributed by atoms with van der Waals surface area (Å²) >= 11 is 0. The molecular weight excluding hydrogens is 360 g/mol. The lowest BCUT2D eigenvalue weighted by Gasteiger charge is -2.22. The molecule has 0 fully saturated rings. The number of rotatable bonds is 7. The number of carbonyl (C=O) groups is 2. The van der Waals surface area contributed by atoms with Gasteiger partial charge in [-0.2, -0.15) is 0 Å². The van der Waals surface area contributed by atoms with Gasteiger partial charge in [0.05, 0.1) is 12.0 Å². The average molecular weight is 380 g/mol. The topological polar surface area (TPSA) is 117 Å². The largest absolute Gasteiger partial charge is 0.481 e. The van der Waals surface area contributed by atoms with Gasteiger partial charge in [-0.1, -0.05) is 30.3 Å². The van der Waals surface area contributed by atoms with Crippen LogP contribution in [0, 0.1) is 5.92 Å². The van der Waals surface area contributed by atoms with Crippen LogP contribution in [0.1, 0.15) is 29.1 Å². The molecule has 0 aliphatic carbocycles. The minimum absolute atomic E-state index is 0.219. The van der Waals surface area contributed by atoms with Gasteiger partial charge in [-0.05, 0) is 24.6 Å². The highest BCUT2D eigenvalue weighted by molar-refractivity contribution is 7.88. The Labute approximate surface area is 151 Å². The van der Waals surface area contributed by atoms with Crippen LogP contribution in [0.3, 0.4) is 0 Å². The maximum Gasteiger partial charge on any atom is 0.308 e. The summed E-state index contributed by atoms with van der Waals surface area (Å²) < 4.78 is 30.2. The highest BCUT2D eigenvalue weighted by atomic mass is 32.2. The SMILES string of the molecule is CC(C(=O)O)C(NC(=O)c1ccc(S(=O)(=O)N(C)C)o1)c1ccccc1. The molecule has 2 aromatic rings. The zero-order valence-electron chi connectivity index (χ0n) is 14.5. The van der Waals surface area contributed by atoms with Crippen LogP contribution in [0.25, 0.3) is 0 Å². The lowest BCUT2D eigenvalue weighted by molar-refractivity contribution is -0.142. The number of carboxylic acid groups (broad SMARTS) is 1. The van der Waals surface area contributed by atoms with E-state index in [1.54, 1.807) is 30.3 Å². The molecule has 0 saturated carbocycles. The van der Waals surface area contributed by atoms with Gasteiger partial charge < -0.3 is 14.8 Å². The van der Waals surface area contributed by atoms with Crippen LogP contribution < -0.4 is 5.32 Å². The first-order valence-electron chi connectivity index (χ1n) is 7.75. The molecule has 1 aromatic carbocycles. The third-order valence-electron chi connectivity index (χ3n) is 3.87. The Morgan fingerprint density at radius 1 is 1.12 bits per heavy atom. The Hall–Kier alpha value is -2.65. The number of carboxylic acids is 1. The Balaban J connectivity index is 2.28. The van der Waals surface area contributed by atoms with Crippen molar-refractivity contribution < 1.29 is 27.5 Å². The molecule has 1 heterocycles. The Morgan fingerprint density at radius 3 is 2.27 bits per heavy atom. The quantitative estimate of drug-likeness (QED) is 0.755. The zero-order valence-corrected chi connectivity index (χ0v) is 15.4. The first-order valence-corrected chi connectivity index (χ1v) is 9.19. The highest BCUT2D eigenvalue weighted by Gasteiger charge is 2.29. The molecule has 2 rings (SSSR count). The number of nitrogens with zero attached hydrogens (tertiary/aromatic N) is 1. The average Bonchev–Trinajstić information content (AvgIpc) is 3.10. The smallest absolute Gasteiger partial charge is 0.308 e. The molecule has 0 radical (unpaired) electrons. The number of hydrogen-bond donors (Lipinski definition) is 2. The Morgan fingerprint density at radius 2 is 1.73 bits per heavy atom. The molecule has 140 valence electrons. The van der Waals surface area contributed by atoms with Crippen molar-refractivity contribution in [2.45, 2.75) is 18.1 Å². The molecule has 1 amide bonds. The fourth-order valence-corrected chi connectivity index (χ4v) is 3.07. The van der Waals surface area contributed by atoms with Crippen LogP contribution in [0.15, 0.2) is 52.0 Å². The number of furan rings is 1. The number of aliphatic carboxylic acids is 1. The van der Waals surface area contributed by atoms with Crippen LogP contribution in [0.5, 0.6) is 0 Å². The highest BCUT2D eigenvalue weighted by Crippen LogP contribution is 2.24. The third-order valence-corrected chi connectivity index (χ3v) is 5.56. The minimum atomic E-state index is -3.81. The van der Waals surface area contributed by atoms with Gasteiger partial charge in [0.1, 0.15) is 0 Å². The molecule has 0 aliphatic rings. The van der Waals surface area contributed by atoms with E-state index in [1.807, 2.05) is 0 Å². The van der Waals surface area contributed by atoms with E-state index in [1.165, 1.54) is 33.2 Å². The summed E-state index contributed by atoms with van der Waals surface area (Å²) in [6.45, 7) is 1.48. The van der Waals surface area contributed by atoms with Gasteiger partial charge in [-0.25, -0.2) is 12.7 Å². The molecule has 26 heavy (non-hydrogen) atoms. The van der Waals surface area contributed by atoms with Crippen molar-refractivity contribution in [1.82, 2.24) is 9.62 Å². The summed E-state index contributed by atoms with van der Waals surface area (Å²) in [7, 11) is -1.12. The van der Waals surface area contributed by atoms with E-state index in [-0.39, 0.29) is 10.9 Å². The molecule has 8 nitrogen and oxygen atoms in total. The first kappa shape index (κ1) is 19.7. The number of carbonyl (C=O) groups excluding carboxylic acids is 1. The van der Waals surface area contributed by atoms with Gasteiger partial charge in [0.25, 0.3) is 15.9 Å². The number of hydrogen-bond acceptors (Lipinski definition) is 5. The van der Waals surface area contributed by atoms with Crippen molar-refractivity contribution in [3.8, 4) is 0 Å². The zero-order chi connectivity index (χ0) is 19.5. The first-order chi connectivity index (χ1) is 12.1. The van der Waals surface area contributed by atoms with E-state index >= 15 is 0 Å². The monoisotopic (exact) mass is 380 g/mol. The Kier molecular flexibility index (Phi) is 5.83. The molecule has 2 unspecified atom stereocenters. The molecule has 9 heteroatoms. The van der Waals surface area contributed by atoms with Crippen molar-refractivity contribution in [1.29, 1.82) is 0 Å². The number of nitrogens with one attached hydrogen (secondary N) is 1. The predicted molar refractivity (Wildman–Crippen MR) is 93.0 cm³/mol. The maximum atomic E-state index is 12.5. The van der Waals surface area contributed by atoms with Crippen molar-refractivity contribution in [3.63, 3.8) is 0 Å². The lowest BCUT2D eigenvalue weighted by Crippen LogP contribution is -2.35. The van der Waals surface area contributed by atoms with E-state index in [2.05, 4.69) is 5.32 Å². The van der Waals surface area contributed by atoms with Crippen molar-refractivity contribution >= 4 is 21.9 Å². The summed E-state index contributed by atoms with van der Waals surface area (Å²) in [6, 6.07) is 10.3. The van der Waals surface area contributed by atoms with Crippen molar-refractivity contribution in [2.75, 3.05) is 14.1 Å². The van der Waals surface area contributed by atoms with Crippen LogP contribution in [0.4, 0.5) is 0 Å². The molecule has 0 bridgehead atoms. The summed E-state index contributed by atoms with van der Waals surface area (Å²) in [4.78, 5) is 23.8. The van der Waals surface area contributed by atoms with Gasteiger partial charge in [0.2, 0.25) is 5.09 Å². The van der Waals surface area contributed by atoms with E-state index in [9.17, 15) is 23.1 Å².